The van der Waals surface area contributed by atoms with Gasteiger partial charge < -0.3 is 15.0 Å². The van der Waals surface area contributed by atoms with Crippen LogP contribution >= 0.6 is 0 Å². The van der Waals surface area contributed by atoms with Gasteiger partial charge in [-0.15, -0.1) is 0 Å². The Kier molecular flexibility index (Phi) is 4.44. The molecule has 132 valence electrons. The Labute approximate surface area is 152 Å². The Morgan fingerprint density at radius 3 is 2.77 bits per heavy atom. The number of nitrogens with one attached hydrogen (secondary N) is 1. The lowest BCUT2D eigenvalue weighted by molar-refractivity contribution is -0.115. The number of hydrogen-bond donors (Lipinski definition) is 1. The minimum absolute atomic E-state index is 0.0436. The molecule has 4 rings (SSSR count). The molecule has 0 aromatic heterocycles. The Hall–Kier alpha value is -3.08. The molecule has 2 aliphatic heterocycles. The molecule has 0 radical (unpaired) electrons. The zero-order chi connectivity index (χ0) is 17.9. The molecule has 2 aromatic rings. The molecule has 2 aliphatic rings. The first kappa shape index (κ1) is 16.4. The average Bonchev–Trinajstić information content (AvgIpc) is 3.06. The van der Waals surface area contributed by atoms with Gasteiger partial charge in [-0.25, -0.2) is 4.79 Å². The van der Waals surface area contributed by atoms with Gasteiger partial charge in [-0.05, 0) is 34.8 Å². The first-order chi connectivity index (χ1) is 12.7. The van der Waals surface area contributed by atoms with E-state index in [4.69, 9.17) is 4.74 Å². The standard InChI is InChI=1S/C21H20N2O3/c24-20-13-18-7-6-17(12-19(18)22-20)16-8-10-23(11-9-16)21(25)26-14-15-4-2-1-3-5-15/h1-8,12H,9-11,13-14H2,(H,22,24). The van der Waals surface area contributed by atoms with E-state index in [2.05, 4.69) is 11.4 Å². The third-order valence-corrected chi connectivity index (χ3v) is 4.78. The van der Waals surface area contributed by atoms with Crippen LogP contribution in [0, 0.1) is 0 Å². The van der Waals surface area contributed by atoms with Gasteiger partial charge in [0, 0.05) is 18.8 Å². The van der Waals surface area contributed by atoms with Gasteiger partial charge >= 0.3 is 6.09 Å². The predicted octanol–water partition coefficient (Wildman–Crippen LogP) is 3.61. The fourth-order valence-corrected chi connectivity index (χ4v) is 3.32. The van der Waals surface area contributed by atoms with Gasteiger partial charge in [-0.1, -0.05) is 48.5 Å². The summed E-state index contributed by atoms with van der Waals surface area (Å²) in [5.41, 5.74) is 5.22. The van der Waals surface area contributed by atoms with Crippen molar-refractivity contribution in [1.29, 1.82) is 0 Å². The summed E-state index contributed by atoms with van der Waals surface area (Å²) in [6.07, 6.45) is 3.00. The Morgan fingerprint density at radius 2 is 2.00 bits per heavy atom. The van der Waals surface area contributed by atoms with Crippen molar-refractivity contribution in [3.8, 4) is 0 Å². The van der Waals surface area contributed by atoms with Crippen LogP contribution < -0.4 is 5.32 Å². The maximum atomic E-state index is 12.2. The van der Waals surface area contributed by atoms with Gasteiger partial charge in [0.1, 0.15) is 6.61 Å². The van der Waals surface area contributed by atoms with Crippen LogP contribution in [0.1, 0.15) is 23.1 Å². The maximum Gasteiger partial charge on any atom is 0.410 e. The van der Waals surface area contributed by atoms with Crippen LogP contribution in [0.5, 0.6) is 0 Å². The lowest BCUT2D eigenvalue weighted by Gasteiger charge is -2.26. The molecule has 0 saturated heterocycles. The zero-order valence-electron chi connectivity index (χ0n) is 14.4. The van der Waals surface area contributed by atoms with Crippen molar-refractivity contribution in [3.63, 3.8) is 0 Å². The van der Waals surface area contributed by atoms with Crippen molar-refractivity contribution in [2.24, 2.45) is 0 Å². The molecule has 0 fully saturated rings. The van der Waals surface area contributed by atoms with Gasteiger partial charge in [-0.2, -0.15) is 0 Å². The predicted molar refractivity (Wildman–Crippen MR) is 99.6 cm³/mol. The molecule has 0 unspecified atom stereocenters. The van der Waals surface area contributed by atoms with E-state index in [1.54, 1.807) is 4.90 Å². The van der Waals surface area contributed by atoms with Gasteiger partial charge in [-0.3, -0.25) is 4.79 Å². The minimum atomic E-state index is -0.287. The molecule has 2 aromatic carbocycles. The number of ether oxygens (including phenoxy) is 1. The lowest BCUT2D eigenvalue weighted by Crippen LogP contribution is -2.35. The van der Waals surface area contributed by atoms with Crippen molar-refractivity contribution in [2.75, 3.05) is 18.4 Å². The number of anilines is 1. The highest BCUT2D eigenvalue weighted by Crippen LogP contribution is 2.30. The first-order valence-electron chi connectivity index (χ1n) is 8.77. The highest BCUT2D eigenvalue weighted by Gasteiger charge is 2.21. The van der Waals surface area contributed by atoms with Crippen molar-refractivity contribution in [2.45, 2.75) is 19.4 Å². The van der Waals surface area contributed by atoms with Crippen LogP contribution in [0.25, 0.3) is 5.57 Å². The summed E-state index contributed by atoms with van der Waals surface area (Å²) in [6, 6.07) is 15.7. The molecule has 0 saturated carbocycles. The number of rotatable bonds is 3. The van der Waals surface area contributed by atoms with E-state index in [0.29, 0.717) is 19.5 Å². The van der Waals surface area contributed by atoms with Crippen LogP contribution in [0.3, 0.4) is 0 Å². The van der Waals surface area contributed by atoms with Crippen LogP contribution in [-0.4, -0.2) is 30.0 Å². The summed E-state index contributed by atoms with van der Waals surface area (Å²) in [6.45, 7) is 1.45. The van der Waals surface area contributed by atoms with Gasteiger partial charge in [0.05, 0.1) is 6.42 Å². The molecule has 5 heteroatoms. The number of amides is 2. The van der Waals surface area contributed by atoms with E-state index in [1.807, 2.05) is 48.5 Å². The Bertz CT molecular complexity index is 874. The Balaban J connectivity index is 1.37. The van der Waals surface area contributed by atoms with Crippen molar-refractivity contribution in [1.82, 2.24) is 4.90 Å². The number of nitrogens with zero attached hydrogens (tertiary/aromatic N) is 1. The summed E-state index contributed by atoms with van der Waals surface area (Å²) >= 11 is 0. The molecule has 5 nitrogen and oxygen atoms in total. The van der Waals surface area contributed by atoms with Crippen LogP contribution in [-0.2, 0) is 22.6 Å². The second kappa shape index (κ2) is 7.04. The molecule has 0 aliphatic carbocycles. The molecule has 2 amide bonds. The second-order valence-electron chi connectivity index (χ2n) is 6.56. The largest absolute Gasteiger partial charge is 0.445 e. The number of carbonyl (C=O) groups excluding carboxylic acids is 2. The van der Waals surface area contributed by atoms with Crippen molar-refractivity contribution < 1.29 is 14.3 Å². The SMILES string of the molecule is O=C1Cc2ccc(C3=CCN(C(=O)OCc4ccccc4)CC3)cc2N1. The summed E-state index contributed by atoms with van der Waals surface area (Å²) in [5, 5.41) is 2.89. The number of benzene rings is 2. The molecule has 0 bridgehead atoms. The fraction of sp³-hybridized carbons (Fsp3) is 0.238. The molecule has 0 atom stereocenters. The van der Waals surface area contributed by atoms with Crippen LogP contribution in [0.2, 0.25) is 0 Å². The summed E-state index contributed by atoms with van der Waals surface area (Å²) in [7, 11) is 0. The van der Waals surface area contributed by atoms with Crippen molar-refractivity contribution in [3.05, 3.63) is 71.3 Å². The van der Waals surface area contributed by atoms with E-state index >= 15 is 0 Å². The first-order valence-corrected chi connectivity index (χ1v) is 8.77. The van der Waals surface area contributed by atoms with Crippen LogP contribution in [0.4, 0.5) is 10.5 Å². The highest BCUT2D eigenvalue weighted by atomic mass is 16.6. The second-order valence-corrected chi connectivity index (χ2v) is 6.56. The van der Waals surface area contributed by atoms with E-state index in [1.165, 1.54) is 5.57 Å². The minimum Gasteiger partial charge on any atom is -0.445 e. The van der Waals surface area contributed by atoms with E-state index in [0.717, 1.165) is 28.8 Å². The lowest BCUT2D eigenvalue weighted by atomic mass is 9.97. The quantitative estimate of drug-likeness (QED) is 0.922. The molecule has 2 heterocycles. The third-order valence-electron chi connectivity index (χ3n) is 4.78. The normalized spacial score (nSPS) is 15.9. The number of carbonyl (C=O) groups is 2. The molecular weight excluding hydrogens is 328 g/mol. The van der Waals surface area contributed by atoms with E-state index in [-0.39, 0.29) is 18.6 Å². The highest BCUT2D eigenvalue weighted by molar-refractivity contribution is 5.99. The summed E-state index contributed by atoms with van der Waals surface area (Å²) < 4.78 is 5.39. The van der Waals surface area contributed by atoms with Gasteiger partial charge in [0.2, 0.25) is 5.91 Å². The zero-order valence-corrected chi connectivity index (χ0v) is 14.4. The molecule has 26 heavy (non-hydrogen) atoms. The third kappa shape index (κ3) is 3.47. The molecule has 0 spiro atoms. The maximum absolute atomic E-state index is 12.2. The fourth-order valence-electron chi connectivity index (χ4n) is 3.32. The van der Waals surface area contributed by atoms with Crippen LogP contribution in [0.15, 0.2) is 54.6 Å². The topological polar surface area (TPSA) is 58.6 Å². The summed E-state index contributed by atoms with van der Waals surface area (Å²) in [5.74, 6) is 0.0436. The van der Waals surface area contributed by atoms with E-state index < -0.39 is 0 Å². The van der Waals surface area contributed by atoms with Crippen molar-refractivity contribution >= 4 is 23.3 Å². The monoisotopic (exact) mass is 348 g/mol. The van der Waals surface area contributed by atoms with Gasteiger partial charge in [0.15, 0.2) is 0 Å². The molecular formula is C21H20N2O3. The smallest absolute Gasteiger partial charge is 0.410 e. The number of hydrogen-bond acceptors (Lipinski definition) is 3. The summed E-state index contributed by atoms with van der Waals surface area (Å²) in [4.78, 5) is 25.4. The van der Waals surface area contributed by atoms with E-state index in [9.17, 15) is 9.59 Å². The molecule has 1 N–H and O–H groups in total. The number of fused-ring (bicyclic) bond motifs is 1. The Morgan fingerprint density at radius 1 is 1.15 bits per heavy atom. The van der Waals surface area contributed by atoms with Gasteiger partial charge in [0.25, 0.3) is 0 Å². The average molecular weight is 348 g/mol.